The van der Waals surface area contributed by atoms with Gasteiger partial charge in [-0.15, -0.1) is 0 Å². The average molecular weight is 484 g/mol. The van der Waals surface area contributed by atoms with Gasteiger partial charge in [-0.05, 0) is 67.6 Å². The molecule has 1 unspecified atom stereocenters. The number of rotatable bonds is 14. The summed E-state index contributed by atoms with van der Waals surface area (Å²) in [7, 11) is 5.59. The molecular weight excluding hydrogens is 434 g/mol. The minimum atomic E-state index is -0.799. The van der Waals surface area contributed by atoms with Gasteiger partial charge < -0.3 is 14.4 Å². The van der Waals surface area contributed by atoms with Crippen LogP contribution >= 0.6 is 0 Å². The molecule has 198 valence electrons. The second kappa shape index (κ2) is 14.1. The molecule has 34 heavy (non-hydrogen) atoms. The van der Waals surface area contributed by atoms with Crippen LogP contribution in [-0.2, 0) is 23.9 Å². The fraction of sp³-hybridized carbons (Fsp3) is 0.885. The zero-order valence-electron chi connectivity index (χ0n) is 22.9. The number of methoxy groups -OCH3 is 1. The van der Waals surface area contributed by atoms with Crippen LogP contribution in [0.25, 0.3) is 0 Å². The SMILES string of the molecule is CCCCCN(C)C1(COC(=O)C(C)C(=O)CCOC)CCN(C(=O)CN(C)C(C)(C)C)CC1. The van der Waals surface area contributed by atoms with Gasteiger partial charge in [-0.25, -0.2) is 0 Å². The molecule has 0 aromatic heterocycles. The number of unbranched alkanes of at least 4 members (excludes halogenated alkanes) is 2. The molecule has 0 saturated carbocycles. The Morgan fingerprint density at radius 1 is 1.09 bits per heavy atom. The number of likely N-dealkylation sites (N-methyl/N-ethyl adjacent to an activating group) is 2. The van der Waals surface area contributed by atoms with Gasteiger partial charge in [0.2, 0.25) is 5.91 Å². The van der Waals surface area contributed by atoms with Crippen molar-refractivity contribution in [1.29, 1.82) is 0 Å². The lowest BCUT2D eigenvalue weighted by Crippen LogP contribution is -2.59. The largest absolute Gasteiger partial charge is 0.463 e. The van der Waals surface area contributed by atoms with Crippen LogP contribution in [0.4, 0.5) is 0 Å². The third-order valence-electron chi connectivity index (χ3n) is 7.34. The van der Waals surface area contributed by atoms with Crippen molar-refractivity contribution in [3.63, 3.8) is 0 Å². The summed E-state index contributed by atoms with van der Waals surface area (Å²) in [6.45, 7) is 13.2. The molecule has 1 rings (SSSR count). The molecule has 8 nitrogen and oxygen atoms in total. The summed E-state index contributed by atoms with van der Waals surface area (Å²) in [5, 5.41) is 0. The first kappa shape index (κ1) is 30.5. The highest BCUT2D eigenvalue weighted by atomic mass is 16.5. The number of nitrogens with zero attached hydrogens (tertiary/aromatic N) is 3. The smallest absolute Gasteiger partial charge is 0.316 e. The van der Waals surface area contributed by atoms with E-state index in [9.17, 15) is 14.4 Å². The molecule has 0 aromatic rings. The Balaban J connectivity index is 2.82. The van der Waals surface area contributed by atoms with Crippen molar-refractivity contribution in [2.24, 2.45) is 5.92 Å². The van der Waals surface area contributed by atoms with E-state index in [-0.39, 0.29) is 35.8 Å². The molecule has 8 heteroatoms. The number of Topliss-reactive ketones (excluding diaryl/α,β-unsaturated/α-hetero) is 1. The second-order valence-corrected chi connectivity index (χ2v) is 10.8. The molecule has 1 heterocycles. The zero-order chi connectivity index (χ0) is 25.9. The number of carbonyl (C=O) groups is 3. The zero-order valence-corrected chi connectivity index (χ0v) is 22.9. The molecule has 1 atom stereocenters. The van der Waals surface area contributed by atoms with E-state index in [1.807, 2.05) is 11.9 Å². The van der Waals surface area contributed by atoms with Crippen LogP contribution in [0, 0.1) is 5.92 Å². The van der Waals surface area contributed by atoms with E-state index < -0.39 is 11.9 Å². The average Bonchev–Trinajstić information content (AvgIpc) is 2.80. The standard InChI is InChI=1S/C26H49N3O5/c1-9-10-11-15-27(6)26(20-34-24(32)21(2)22(30)12-18-33-8)13-16-29(17-14-26)23(31)19-28(7)25(3,4)5/h21H,9-20H2,1-8H3. The third-order valence-corrected chi connectivity index (χ3v) is 7.34. The molecule has 0 radical (unpaired) electrons. The van der Waals surface area contributed by atoms with Crippen LogP contribution in [0.2, 0.25) is 0 Å². The number of likely N-dealkylation sites (tertiary alicyclic amines) is 1. The quantitative estimate of drug-likeness (QED) is 0.213. The lowest BCUT2D eigenvalue weighted by Gasteiger charge is -2.47. The summed E-state index contributed by atoms with van der Waals surface area (Å²) in [6, 6.07) is 0. The minimum absolute atomic E-state index is 0.0692. The summed E-state index contributed by atoms with van der Waals surface area (Å²) in [4.78, 5) is 44.1. The number of hydrogen-bond donors (Lipinski definition) is 0. The van der Waals surface area contributed by atoms with E-state index in [0.29, 0.717) is 26.2 Å². The van der Waals surface area contributed by atoms with Gasteiger partial charge in [-0.1, -0.05) is 19.8 Å². The maximum absolute atomic E-state index is 12.9. The van der Waals surface area contributed by atoms with Crippen LogP contribution in [0.1, 0.15) is 73.1 Å². The molecular formula is C26H49N3O5. The molecule has 1 saturated heterocycles. The summed E-state index contributed by atoms with van der Waals surface area (Å²) < 4.78 is 10.7. The van der Waals surface area contributed by atoms with Crippen LogP contribution < -0.4 is 0 Å². The van der Waals surface area contributed by atoms with Gasteiger partial charge in [-0.2, -0.15) is 0 Å². The van der Waals surface area contributed by atoms with E-state index in [1.165, 1.54) is 7.11 Å². The van der Waals surface area contributed by atoms with Crippen molar-refractivity contribution in [2.45, 2.75) is 84.2 Å². The van der Waals surface area contributed by atoms with Crippen molar-refractivity contribution in [1.82, 2.24) is 14.7 Å². The van der Waals surface area contributed by atoms with E-state index in [1.54, 1.807) is 6.92 Å². The van der Waals surface area contributed by atoms with Crippen molar-refractivity contribution < 1.29 is 23.9 Å². The molecule has 1 aliphatic rings. The Morgan fingerprint density at radius 3 is 2.24 bits per heavy atom. The molecule has 1 fully saturated rings. The van der Waals surface area contributed by atoms with Gasteiger partial charge in [-0.3, -0.25) is 24.2 Å². The Bertz CT molecular complexity index is 653. The minimum Gasteiger partial charge on any atom is -0.463 e. The number of piperidine rings is 1. The predicted octanol–water partition coefficient (Wildman–Crippen LogP) is 2.98. The summed E-state index contributed by atoms with van der Waals surface area (Å²) in [5.74, 6) is -1.31. The Hall–Kier alpha value is -1.51. The first-order valence-electron chi connectivity index (χ1n) is 12.8. The number of ketones is 1. The highest BCUT2D eigenvalue weighted by Crippen LogP contribution is 2.30. The fourth-order valence-electron chi connectivity index (χ4n) is 4.07. The second-order valence-electron chi connectivity index (χ2n) is 10.8. The van der Waals surface area contributed by atoms with Crippen molar-refractivity contribution >= 4 is 17.7 Å². The maximum atomic E-state index is 12.9. The molecule has 0 bridgehead atoms. The van der Waals surface area contributed by atoms with E-state index >= 15 is 0 Å². The van der Waals surface area contributed by atoms with Crippen LogP contribution in [0.15, 0.2) is 0 Å². The molecule has 0 N–H and O–H groups in total. The first-order valence-corrected chi connectivity index (χ1v) is 12.8. The Morgan fingerprint density at radius 2 is 1.71 bits per heavy atom. The normalized spacial score (nSPS) is 17.2. The molecule has 0 spiro atoms. The van der Waals surface area contributed by atoms with Gasteiger partial charge in [0.1, 0.15) is 18.3 Å². The van der Waals surface area contributed by atoms with Gasteiger partial charge in [0.15, 0.2) is 0 Å². The van der Waals surface area contributed by atoms with Gasteiger partial charge >= 0.3 is 5.97 Å². The third kappa shape index (κ3) is 9.27. The van der Waals surface area contributed by atoms with Crippen molar-refractivity contribution in [2.75, 3.05) is 60.6 Å². The fourth-order valence-corrected chi connectivity index (χ4v) is 4.07. The molecule has 1 aliphatic heterocycles. The van der Waals surface area contributed by atoms with Crippen LogP contribution in [-0.4, -0.2) is 104 Å². The number of carbonyl (C=O) groups excluding carboxylic acids is 3. The highest BCUT2D eigenvalue weighted by molar-refractivity contribution is 5.98. The number of amides is 1. The number of hydrogen-bond acceptors (Lipinski definition) is 7. The van der Waals surface area contributed by atoms with E-state index in [2.05, 4.69) is 44.5 Å². The molecule has 0 aliphatic carbocycles. The van der Waals surface area contributed by atoms with Gasteiger partial charge in [0, 0.05) is 32.2 Å². The van der Waals surface area contributed by atoms with Gasteiger partial charge in [0.05, 0.1) is 18.7 Å². The van der Waals surface area contributed by atoms with Crippen LogP contribution in [0.5, 0.6) is 0 Å². The van der Waals surface area contributed by atoms with E-state index in [0.717, 1.165) is 38.6 Å². The Labute approximate surface area is 207 Å². The summed E-state index contributed by atoms with van der Waals surface area (Å²) in [6.07, 6.45) is 5.04. The number of ether oxygens (including phenoxy) is 2. The van der Waals surface area contributed by atoms with Gasteiger partial charge in [0.25, 0.3) is 0 Å². The molecule has 1 amide bonds. The lowest BCUT2D eigenvalue weighted by atomic mass is 9.86. The van der Waals surface area contributed by atoms with Crippen molar-refractivity contribution in [3.05, 3.63) is 0 Å². The summed E-state index contributed by atoms with van der Waals surface area (Å²) >= 11 is 0. The summed E-state index contributed by atoms with van der Waals surface area (Å²) in [5.41, 5.74) is -0.397. The lowest BCUT2D eigenvalue weighted by molar-refractivity contribution is -0.157. The molecule has 0 aromatic carbocycles. The Kier molecular flexibility index (Phi) is 12.7. The predicted molar refractivity (Wildman–Crippen MR) is 135 cm³/mol. The van der Waals surface area contributed by atoms with Crippen molar-refractivity contribution in [3.8, 4) is 0 Å². The first-order chi connectivity index (χ1) is 15.9. The monoisotopic (exact) mass is 483 g/mol. The van der Waals surface area contributed by atoms with E-state index in [4.69, 9.17) is 9.47 Å². The number of esters is 1. The van der Waals surface area contributed by atoms with Crippen LogP contribution in [0.3, 0.4) is 0 Å². The topological polar surface area (TPSA) is 79.4 Å². The highest BCUT2D eigenvalue weighted by Gasteiger charge is 2.41. The maximum Gasteiger partial charge on any atom is 0.316 e.